The summed E-state index contributed by atoms with van der Waals surface area (Å²) in [4.78, 5) is 12.0. The molecule has 0 aromatic heterocycles. The van der Waals surface area contributed by atoms with E-state index in [1.54, 1.807) is 0 Å². The average molecular weight is 327 g/mol. The van der Waals surface area contributed by atoms with E-state index in [4.69, 9.17) is 9.47 Å². The molecule has 1 N–H and O–H groups in total. The summed E-state index contributed by atoms with van der Waals surface area (Å²) in [5.41, 5.74) is 1.74. The van der Waals surface area contributed by atoms with E-state index in [2.05, 4.69) is 12.2 Å². The number of anilines is 1. The fraction of sp³-hybridized carbons (Fsp3) is 0.350. The molecular weight excluding hydrogens is 302 g/mol. The largest absolute Gasteiger partial charge is 0.494 e. The molecule has 2 aromatic carbocycles. The van der Waals surface area contributed by atoms with Gasteiger partial charge in [0.15, 0.2) is 6.61 Å². The molecule has 0 aliphatic heterocycles. The Morgan fingerprint density at radius 3 is 2.46 bits per heavy atom. The van der Waals surface area contributed by atoms with Gasteiger partial charge < -0.3 is 14.8 Å². The number of amides is 1. The third-order valence-electron chi connectivity index (χ3n) is 3.61. The van der Waals surface area contributed by atoms with Crippen molar-refractivity contribution in [3.63, 3.8) is 0 Å². The second kappa shape index (κ2) is 9.60. The maximum absolute atomic E-state index is 12.0. The summed E-state index contributed by atoms with van der Waals surface area (Å²) in [6, 6.07) is 15.0. The van der Waals surface area contributed by atoms with Gasteiger partial charge in [-0.1, -0.05) is 38.0 Å². The van der Waals surface area contributed by atoms with Crippen molar-refractivity contribution in [1.82, 2.24) is 0 Å². The van der Waals surface area contributed by atoms with Gasteiger partial charge in [0.05, 0.1) is 6.61 Å². The molecule has 0 atom stereocenters. The lowest BCUT2D eigenvalue weighted by Crippen LogP contribution is -2.20. The Morgan fingerprint density at radius 1 is 1.00 bits per heavy atom. The number of nitrogens with one attached hydrogen (secondary N) is 1. The smallest absolute Gasteiger partial charge is 0.262 e. The van der Waals surface area contributed by atoms with Gasteiger partial charge in [0.25, 0.3) is 5.91 Å². The first-order valence-electron chi connectivity index (χ1n) is 8.40. The van der Waals surface area contributed by atoms with Crippen molar-refractivity contribution < 1.29 is 14.3 Å². The average Bonchev–Trinajstić information content (AvgIpc) is 2.59. The SMILES string of the molecule is CCCCCOc1ccc(NC(=O)COc2ccccc2C)cc1. The highest BCUT2D eigenvalue weighted by Crippen LogP contribution is 2.18. The van der Waals surface area contributed by atoms with Crippen molar-refractivity contribution in [1.29, 1.82) is 0 Å². The van der Waals surface area contributed by atoms with Gasteiger partial charge in [-0.25, -0.2) is 0 Å². The highest BCUT2D eigenvalue weighted by molar-refractivity contribution is 5.91. The highest BCUT2D eigenvalue weighted by Gasteiger charge is 2.05. The van der Waals surface area contributed by atoms with Crippen LogP contribution in [-0.2, 0) is 4.79 Å². The minimum atomic E-state index is -0.185. The van der Waals surface area contributed by atoms with Crippen molar-refractivity contribution in [3.8, 4) is 11.5 Å². The zero-order valence-electron chi connectivity index (χ0n) is 14.4. The molecule has 0 aliphatic carbocycles. The summed E-state index contributed by atoms with van der Waals surface area (Å²) in [6.07, 6.45) is 3.42. The molecule has 2 aromatic rings. The monoisotopic (exact) mass is 327 g/mol. The second-order valence-corrected chi connectivity index (χ2v) is 5.68. The Morgan fingerprint density at radius 2 is 1.75 bits per heavy atom. The van der Waals surface area contributed by atoms with E-state index in [-0.39, 0.29) is 12.5 Å². The Hall–Kier alpha value is -2.49. The number of unbranched alkanes of at least 4 members (excludes halogenated alkanes) is 2. The number of hydrogen-bond acceptors (Lipinski definition) is 3. The van der Waals surface area contributed by atoms with Crippen molar-refractivity contribution in [2.45, 2.75) is 33.1 Å². The number of benzene rings is 2. The zero-order chi connectivity index (χ0) is 17.2. The van der Waals surface area contributed by atoms with Gasteiger partial charge in [-0.2, -0.15) is 0 Å². The van der Waals surface area contributed by atoms with E-state index in [1.807, 2.05) is 55.5 Å². The van der Waals surface area contributed by atoms with Gasteiger partial charge in [-0.15, -0.1) is 0 Å². The second-order valence-electron chi connectivity index (χ2n) is 5.68. The fourth-order valence-corrected chi connectivity index (χ4v) is 2.24. The Bertz CT molecular complexity index is 638. The molecule has 0 radical (unpaired) electrons. The summed E-state index contributed by atoms with van der Waals surface area (Å²) in [7, 11) is 0. The molecule has 2 rings (SSSR count). The molecular formula is C20H25NO3. The molecule has 0 aliphatic rings. The van der Waals surface area contributed by atoms with Crippen LogP contribution in [0.3, 0.4) is 0 Å². The van der Waals surface area contributed by atoms with Crippen LogP contribution in [-0.4, -0.2) is 19.1 Å². The topological polar surface area (TPSA) is 47.6 Å². The Kier molecular flexibility index (Phi) is 7.15. The summed E-state index contributed by atoms with van der Waals surface area (Å²) in [5, 5.41) is 2.82. The molecule has 0 unspecified atom stereocenters. The summed E-state index contributed by atoms with van der Waals surface area (Å²) in [5.74, 6) is 1.36. The Labute approximate surface area is 143 Å². The minimum Gasteiger partial charge on any atom is -0.494 e. The van der Waals surface area contributed by atoms with Gasteiger partial charge in [-0.3, -0.25) is 4.79 Å². The Balaban J connectivity index is 1.76. The first-order valence-corrected chi connectivity index (χ1v) is 8.40. The van der Waals surface area contributed by atoms with Gasteiger partial charge in [0.2, 0.25) is 0 Å². The third-order valence-corrected chi connectivity index (χ3v) is 3.61. The third kappa shape index (κ3) is 5.95. The van der Waals surface area contributed by atoms with Gasteiger partial charge >= 0.3 is 0 Å². The molecule has 4 nitrogen and oxygen atoms in total. The zero-order valence-corrected chi connectivity index (χ0v) is 14.4. The number of ether oxygens (including phenoxy) is 2. The molecule has 0 heterocycles. The first-order chi connectivity index (χ1) is 11.7. The normalized spacial score (nSPS) is 10.2. The van der Waals surface area contributed by atoms with Crippen molar-refractivity contribution >= 4 is 11.6 Å². The van der Waals surface area contributed by atoms with Crippen LogP contribution >= 0.6 is 0 Å². The van der Waals surface area contributed by atoms with Crippen LogP contribution in [0.4, 0.5) is 5.69 Å². The standard InChI is InChI=1S/C20H25NO3/c1-3-4-7-14-23-18-12-10-17(11-13-18)21-20(22)15-24-19-9-6-5-8-16(19)2/h5-6,8-13H,3-4,7,14-15H2,1-2H3,(H,21,22). The van der Waals surface area contributed by atoms with E-state index in [0.717, 1.165) is 35.8 Å². The number of para-hydroxylation sites is 1. The molecule has 0 bridgehead atoms. The van der Waals surface area contributed by atoms with Gasteiger partial charge in [0, 0.05) is 5.69 Å². The van der Waals surface area contributed by atoms with Crippen LogP contribution < -0.4 is 14.8 Å². The lowest BCUT2D eigenvalue weighted by molar-refractivity contribution is -0.118. The molecule has 1 amide bonds. The van der Waals surface area contributed by atoms with Crippen molar-refractivity contribution in [2.75, 3.05) is 18.5 Å². The minimum absolute atomic E-state index is 0.0138. The summed E-state index contributed by atoms with van der Waals surface area (Å²) in [6.45, 7) is 4.83. The molecule has 4 heteroatoms. The number of hydrogen-bond donors (Lipinski definition) is 1. The molecule has 128 valence electrons. The van der Waals surface area contributed by atoms with Gasteiger partial charge in [-0.05, 0) is 49.2 Å². The predicted molar refractivity (Wildman–Crippen MR) is 96.8 cm³/mol. The molecule has 0 fully saturated rings. The first kappa shape index (κ1) is 17.9. The summed E-state index contributed by atoms with van der Waals surface area (Å²) < 4.78 is 11.2. The quantitative estimate of drug-likeness (QED) is 0.686. The highest BCUT2D eigenvalue weighted by atomic mass is 16.5. The number of rotatable bonds is 9. The molecule has 0 saturated heterocycles. The van der Waals surface area contributed by atoms with E-state index in [1.165, 1.54) is 12.8 Å². The predicted octanol–water partition coefficient (Wildman–Crippen LogP) is 4.58. The number of aryl methyl sites for hydroxylation is 1. The maximum atomic E-state index is 12.0. The lowest BCUT2D eigenvalue weighted by atomic mass is 10.2. The lowest BCUT2D eigenvalue weighted by Gasteiger charge is -2.10. The number of carbonyl (C=O) groups is 1. The van der Waals surface area contributed by atoms with E-state index in [9.17, 15) is 4.79 Å². The van der Waals surface area contributed by atoms with Gasteiger partial charge in [0.1, 0.15) is 11.5 Å². The fourth-order valence-electron chi connectivity index (χ4n) is 2.24. The van der Waals surface area contributed by atoms with Crippen molar-refractivity contribution in [2.24, 2.45) is 0 Å². The van der Waals surface area contributed by atoms with E-state index >= 15 is 0 Å². The van der Waals surface area contributed by atoms with E-state index in [0.29, 0.717) is 0 Å². The van der Waals surface area contributed by atoms with Crippen LogP contribution in [0, 0.1) is 6.92 Å². The number of carbonyl (C=O) groups excluding carboxylic acids is 1. The van der Waals surface area contributed by atoms with Crippen LogP contribution in [0.15, 0.2) is 48.5 Å². The van der Waals surface area contributed by atoms with Crippen molar-refractivity contribution in [3.05, 3.63) is 54.1 Å². The van der Waals surface area contributed by atoms with Crippen LogP contribution in [0.2, 0.25) is 0 Å². The van der Waals surface area contributed by atoms with Crippen LogP contribution in [0.5, 0.6) is 11.5 Å². The molecule has 0 saturated carbocycles. The van der Waals surface area contributed by atoms with Crippen LogP contribution in [0.25, 0.3) is 0 Å². The van der Waals surface area contributed by atoms with Crippen LogP contribution in [0.1, 0.15) is 31.7 Å². The van der Waals surface area contributed by atoms with E-state index < -0.39 is 0 Å². The maximum Gasteiger partial charge on any atom is 0.262 e. The molecule has 24 heavy (non-hydrogen) atoms. The molecule has 0 spiro atoms. The summed E-state index contributed by atoms with van der Waals surface area (Å²) >= 11 is 0.